The van der Waals surface area contributed by atoms with Gasteiger partial charge in [0, 0.05) is 16.8 Å². The molecule has 0 saturated carbocycles. The fourth-order valence-electron chi connectivity index (χ4n) is 3.55. The molecule has 0 amide bonds. The number of para-hydroxylation sites is 1. The third-order valence-corrected chi connectivity index (χ3v) is 5.74. The van der Waals surface area contributed by atoms with Crippen LogP contribution < -0.4 is 15.4 Å². The van der Waals surface area contributed by atoms with Crippen molar-refractivity contribution in [1.29, 1.82) is 0 Å². The lowest BCUT2D eigenvalue weighted by Gasteiger charge is -2.13. The van der Waals surface area contributed by atoms with Crippen LogP contribution >= 0.6 is 11.6 Å². The number of anilines is 3. The topological polar surface area (TPSA) is 101 Å². The molecule has 3 N–H and O–H groups in total. The lowest BCUT2D eigenvalue weighted by molar-refractivity contribution is 0.145. The SMILES string of the molecule is CC(O)C1COC(Nc2ccc3ncnc(Nc4ccc(Oc5c(F)cccc5F)c(Cl)c4)c3c2)=N1. The Bertz CT molecular complexity index is 1450. The molecule has 36 heavy (non-hydrogen) atoms. The van der Waals surface area contributed by atoms with E-state index in [2.05, 4.69) is 25.6 Å². The van der Waals surface area contributed by atoms with Crippen LogP contribution in [0.3, 0.4) is 0 Å². The summed E-state index contributed by atoms with van der Waals surface area (Å²) in [5.41, 5.74) is 1.96. The number of aliphatic hydroxyl groups excluding tert-OH is 1. The molecule has 2 heterocycles. The molecule has 0 saturated heterocycles. The average molecular weight is 512 g/mol. The van der Waals surface area contributed by atoms with E-state index >= 15 is 0 Å². The molecule has 11 heteroatoms. The normalized spacial score (nSPS) is 15.8. The summed E-state index contributed by atoms with van der Waals surface area (Å²) in [6.07, 6.45) is 0.814. The molecule has 1 aromatic heterocycles. The molecule has 0 spiro atoms. The molecular formula is C25H20ClF2N5O3. The maximum Gasteiger partial charge on any atom is 0.289 e. The molecule has 0 aliphatic carbocycles. The molecule has 5 rings (SSSR count). The van der Waals surface area contributed by atoms with Gasteiger partial charge >= 0.3 is 0 Å². The molecule has 2 atom stereocenters. The van der Waals surface area contributed by atoms with E-state index in [9.17, 15) is 13.9 Å². The Morgan fingerprint density at radius 1 is 1.06 bits per heavy atom. The predicted molar refractivity (Wildman–Crippen MR) is 133 cm³/mol. The van der Waals surface area contributed by atoms with Gasteiger partial charge in [-0.3, -0.25) is 0 Å². The zero-order valence-electron chi connectivity index (χ0n) is 18.9. The van der Waals surface area contributed by atoms with Gasteiger partial charge in [-0.05, 0) is 55.5 Å². The summed E-state index contributed by atoms with van der Waals surface area (Å²) in [5.74, 6) is -1.60. The van der Waals surface area contributed by atoms with Gasteiger partial charge in [0.05, 0.1) is 16.6 Å². The Labute approximate surface area is 209 Å². The van der Waals surface area contributed by atoms with E-state index in [4.69, 9.17) is 21.1 Å². The van der Waals surface area contributed by atoms with Crippen molar-refractivity contribution in [2.45, 2.75) is 19.1 Å². The first-order chi connectivity index (χ1) is 17.4. The quantitative estimate of drug-likeness (QED) is 0.308. The summed E-state index contributed by atoms with van der Waals surface area (Å²) in [7, 11) is 0. The average Bonchev–Trinajstić information content (AvgIpc) is 3.32. The first-order valence-electron chi connectivity index (χ1n) is 11.0. The fourth-order valence-corrected chi connectivity index (χ4v) is 3.77. The van der Waals surface area contributed by atoms with Gasteiger partial charge in [0.15, 0.2) is 17.4 Å². The first kappa shape index (κ1) is 23.7. The highest BCUT2D eigenvalue weighted by atomic mass is 35.5. The number of benzene rings is 3. The van der Waals surface area contributed by atoms with E-state index in [0.717, 1.165) is 12.1 Å². The Balaban J connectivity index is 1.38. The van der Waals surface area contributed by atoms with Crippen LogP contribution in [0.5, 0.6) is 11.5 Å². The summed E-state index contributed by atoms with van der Waals surface area (Å²) in [4.78, 5) is 13.0. The Hall–Kier alpha value is -4.02. The van der Waals surface area contributed by atoms with Crippen molar-refractivity contribution in [1.82, 2.24) is 9.97 Å². The Morgan fingerprint density at radius 2 is 1.81 bits per heavy atom. The molecule has 1 aliphatic heterocycles. The molecule has 0 bridgehead atoms. The largest absolute Gasteiger partial charge is 0.463 e. The van der Waals surface area contributed by atoms with Crippen molar-refractivity contribution >= 4 is 45.7 Å². The smallest absolute Gasteiger partial charge is 0.289 e. The summed E-state index contributed by atoms with van der Waals surface area (Å²) in [6, 6.07) is 13.6. The number of nitrogens with zero attached hydrogens (tertiary/aromatic N) is 3. The van der Waals surface area contributed by atoms with Gasteiger partial charge in [0.2, 0.25) is 0 Å². The third kappa shape index (κ3) is 5.00. The standard InChI is InChI=1S/C25H20ClF2N5O3/c1-13(34)21-11-35-25(33-21)32-14-5-7-20-16(9-14)24(30-12-29-20)31-15-6-8-22(17(26)10-15)36-23-18(27)3-2-4-19(23)28/h2-10,12-13,21,34H,11H2,1H3,(H,32,33)(H,29,30,31). The molecule has 8 nitrogen and oxygen atoms in total. The molecule has 4 aromatic rings. The molecule has 0 fully saturated rings. The van der Waals surface area contributed by atoms with Gasteiger partial charge in [-0.15, -0.1) is 0 Å². The molecule has 2 unspecified atom stereocenters. The highest BCUT2D eigenvalue weighted by Gasteiger charge is 2.23. The zero-order chi connectivity index (χ0) is 25.2. The number of rotatable bonds is 6. The highest BCUT2D eigenvalue weighted by Crippen LogP contribution is 2.35. The lowest BCUT2D eigenvalue weighted by atomic mass is 10.2. The molecule has 1 aliphatic rings. The van der Waals surface area contributed by atoms with Crippen molar-refractivity contribution in [3.63, 3.8) is 0 Å². The van der Waals surface area contributed by atoms with Crippen LogP contribution in [-0.2, 0) is 4.74 Å². The zero-order valence-corrected chi connectivity index (χ0v) is 19.6. The van der Waals surface area contributed by atoms with Crippen LogP contribution in [0.1, 0.15) is 6.92 Å². The van der Waals surface area contributed by atoms with Crippen molar-refractivity contribution in [2.75, 3.05) is 17.2 Å². The number of nitrogens with one attached hydrogen (secondary N) is 2. The number of hydrogen-bond acceptors (Lipinski definition) is 8. The summed E-state index contributed by atoms with van der Waals surface area (Å²) < 4.78 is 38.7. The lowest BCUT2D eigenvalue weighted by Crippen LogP contribution is -2.21. The maximum atomic E-state index is 13.9. The fraction of sp³-hybridized carbons (Fsp3) is 0.160. The van der Waals surface area contributed by atoms with Crippen LogP contribution in [0.2, 0.25) is 5.02 Å². The van der Waals surface area contributed by atoms with Gasteiger partial charge in [-0.25, -0.2) is 23.7 Å². The van der Waals surface area contributed by atoms with Gasteiger partial charge in [0.1, 0.15) is 30.5 Å². The van der Waals surface area contributed by atoms with Gasteiger partial charge in [-0.1, -0.05) is 17.7 Å². The van der Waals surface area contributed by atoms with Gasteiger partial charge < -0.3 is 25.2 Å². The van der Waals surface area contributed by atoms with Crippen molar-refractivity contribution in [3.05, 3.63) is 77.6 Å². The summed E-state index contributed by atoms with van der Waals surface area (Å²) in [5, 5.41) is 16.8. The second-order valence-corrected chi connectivity index (χ2v) is 8.46. The Morgan fingerprint density at radius 3 is 2.53 bits per heavy atom. The number of amidine groups is 1. The van der Waals surface area contributed by atoms with E-state index < -0.39 is 23.5 Å². The number of hydrogen-bond donors (Lipinski definition) is 3. The van der Waals surface area contributed by atoms with Crippen molar-refractivity contribution < 1.29 is 23.4 Å². The van der Waals surface area contributed by atoms with E-state index in [-0.39, 0.29) is 16.8 Å². The minimum atomic E-state index is -0.833. The van der Waals surface area contributed by atoms with Crippen LogP contribution in [0, 0.1) is 11.6 Å². The minimum absolute atomic E-state index is 0.0955. The number of aromatic nitrogens is 2. The summed E-state index contributed by atoms with van der Waals surface area (Å²) >= 11 is 6.33. The van der Waals surface area contributed by atoms with Crippen LogP contribution in [-0.4, -0.2) is 39.8 Å². The highest BCUT2D eigenvalue weighted by molar-refractivity contribution is 6.32. The number of aliphatic hydroxyl groups is 1. The molecule has 0 radical (unpaired) electrons. The maximum absolute atomic E-state index is 13.9. The van der Waals surface area contributed by atoms with Crippen molar-refractivity contribution in [2.24, 2.45) is 4.99 Å². The van der Waals surface area contributed by atoms with Gasteiger partial charge in [0.25, 0.3) is 6.02 Å². The van der Waals surface area contributed by atoms with Crippen LogP contribution in [0.15, 0.2) is 65.9 Å². The van der Waals surface area contributed by atoms with E-state index in [0.29, 0.717) is 40.7 Å². The monoisotopic (exact) mass is 511 g/mol. The number of halogens is 3. The van der Waals surface area contributed by atoms with E-state index in [1.54, 1.807) is 19.1 Å². The number of aliphatic imine (C=N–C) groups is 1. The van der Waals surface area contributed by atoms with Crippen molar-refractivity contribution in [3.8, 4) is 11.5 Å². The predicted octanol–water partition coefficient (Wildman–Crippen LogP) is 5.64. The second kappa shape index (κ2) is 9.92. The van der Waals surface area contributed by atoms with Crippen LogP contribution in [0.25, 0.3) is 10.9 Å². The molecule has 3 aromatic carbocycles. The van der Waals surface area contributed by atoms with Gasteiger partial charge in [-0.2, -0.15) is 0 Å². The Kier molecular flexibility index (Phi) is 6.53. The summed E-state index contributed by atoms with van der Waals surface area (Å²) in [6.45, 7) is 1.96. The van der Waals surface area contributed by atoms with Crippen LogP contribution in [0.4, 0.5) is 26.0 Å². The minimum Gasteiger partial charge on any atom is -0.463 e. The third-order valence-electron chi connectivity index (χ3n) is 5.44. The van der Waals surface area contributed by atoms with E-state index in [1.165, 1.54) is 18.5 Å². The number of ether oxygens (including phenoxy) is 2. The second-order valence-electron chi connectivity index (χ2n) is 8.06. The first-order valence-corrected chi connectivity index (χ1v) is 11.3. The van der Waals surface area contributed by atoms with E-state index in [1.807, 2.05) is 18.2 Å². The molecular weight excluding hydrogens is 492 g/mol. The number of fused-ring (bicyclic) bond motifs is 1. The molecule has 184 valence electrons.